The van der Waals surface area contributed by atoms with E-state index in [-0.39, 0.29) is 12.4 Å². The van der Waals surface area contributed by atoms with E-state index in [9.17, 15) is 13.9 Å². The van der Waals surface area contributed by atoms with Crippen LogP contribution in [0.5, 0.6) is 5.75 Å². The van der Waals surface area contributed by atoms with Gasteiger partial charge in [0.25, 0.3) is 0 Å². The van der Waals surface area contributed by atoms with Gasteiger partial charge in [-0.25, -0.2) is 8.78 Å². The second-order valence-electron chi connectivity index (χ2n) is 3.44. The Morgan fingerprint density at radius 2 is 2.06 bits per heavy atom. The number of aliphatic hydroxyl groups excluding tert-OH is 1. The minimum Gasteiger partial charge on any atom is -0.490 e. The molecular weight excluding hydrogens is 216 g/mol. The second-order valence-corrected chi connectivity index (χ2v) is 3.44. The summed E-state index contributed by atoms with van der Waals surface area (Å²) in [6.45, 7) is 0.565. The quantitative estimate of drug-likeness (QED) is 0.779. The molecule has 0 aliphatic carbocycles. The molecule has 90 valence electrons. The van der Waals surface area contributed by atoms with Crippen LogP contribution in [-0.4, -0.2) is 24.4 Å². The molecule has 0 aliphatic heterocycles. The van der Waals surface area contributed by atoms with E-state index in [1.54, 1.807) is 0 Å². The molecule has 0 aliphatic rings. The molecule has 0 radical (unpaired) electrons. The zero-order chi connectivity index (χ0) is 12.0. The van der Waals surface area contributed by atoms with Crippen molar-refractivity contribution < 1.29 is 18.6 Å². The largest absolute Gasteiger partial charge is 0.490 e. The Balaban J connectivity index is 2.37. The Morgan fingerprint density at radius 3 is 2.69 bits per heavy atom. The van der Waals surface area contributed by atoms with Crippen LogP contribution in [0.4, 0.5) is 8.78 Å². The SMILES string of the molecule is NCCC(O)CCOc1ccc(F)cc1F. The van der Waals surface area contributed by atoms with Crippen molar-refractivity contribution in [1.29, 1.82) is 0 Å². The Kier molecular flexibility index (Phi) is 5.14. The van der Waals surface area contributed by atoms with E-state index < -0.39 is 17.7 Å². The monoisotopic (exact) mass is 231 g/mol. The molecule has 0 heterocycles. The van der Waals surface area contributed by atoms with Gasteiger partial charge in [0.1, 0.15) is 5.82 Å². The van der Waals surface area contributed by atoms with Crippen LogP contribution >= 0.6 is 0 Å². The first kappa shape index (κ1) is 12.9. The molecule has 3 N–H and O–H groups in total. The van der Waals surface area contributed by atoms with Crippen molar-refractivity contribution in [2.45, 2.75) is 18.9 Å². The molecule has 1 aromatic carbocycles. The second kappa shape index (κ2) is 6.40. The lowest BCUT2D eigenvalue weighted by Gasteiger charge is -2.10. The first-order valence-corrected chi connectivity index (χ1v) is 5.09. The van der Waals surface area contributed by atoms with Crippen LogP contribution in [0.2, 0.25) is 0 Å². The Hall–Kier alpha value is -1.20. The minimum atomic E-state index is -0.742. The third-order valence-electron chi connectivity index (χ3n) is 2.10. The van der Waals surface area contributed by atoms with E-state index in [0.29, 0.717) is 19.4 Å². The van der Waals surface area contributed by atoms with Crippen LogP contribution in [0.3, 0.4) is 0 Å². The molecule has 0 spiro atoms. The van der Waals surface area contributed by atoms with E-state index in [1.807, 2.05) is 0 Å². The van der Waals surface area contributed by atoms with Crippen LogP contribution in [0, 0.1) is 11.6 Å². The highest BCUT2D eigenvalue weighted by Gasteiger charge is 2.06. The number of benzene rings is 1. The van der Waals surface area contributed by atoms with Crippen molar-refractivity contribution >= 4 is 0 Å². The molecule has 0 aromatic heterocycles. The van der Waals surface area contributed by atoms with Gasteiger partial charge in [0.15, 0.2) is 11.6 Å². The fourth-order valence-corrected chi connectivity index (χ4v) is 1.23. The topological polar surface area (TPSA) is 55.5 Å². The highest BCUT2D eigenvalue weighted by atomic mass is 19.1. The number of nitrogens with two attached hydrogens (primary N) is 1. The lowest BCUT2D eigenvalue weighted by molar-refractivity contribution is 0.132. The van der Waals surface area contributed by atoms with Gasteiger partial charge < -0.3 is 15.6 Å². The molecule has 1 rings (SSSR count). The molecule has 1 aromatic rings. The van der Waals surface area contributed by atoms with E-state index in [0.717, 1.165) is 12.1 Å². The highest BCUT2D eigenvalue weighted by molar-refractivity contribution is 5.24. The van der Waals surface area contributed by atoms with Crippen molar-refractivity contribution in [2.75, 3.05) is 13.2 Å². The van der Waals surface area contributed by atoms with Crippen molar-refractivity contribution in [2.24, 2.45) is 5.73 Å². The molecule has 1 unspecified atom stereocenters. The number of hydrogen-bond donors (Lipinski definition) is 2. The summed E-state index contributed by atoms with van der Waals surface area (Å²) in [4.78, 5) is 0. The third kappa shape index (κ3) is 4.12. The van der Waals surface area contributed by atoms with E-state index >= 15 is 0 Å². The standard InChI is InChI=1S/C11H15F2NO2/c12-8-1-2-11(10(13)7-8)16-6-4-9(15)3-5-14/h1-2,7,9,15H,3-6,14H2. The van der Waals surface area contributed by atoms with Gasteiger partial charge in [-0.15, -0.1) is 0 Å². The smallest absolute Gasteiger partial charge is 0.167 e. The lowest BCUT2D eigenvalue weighted by atomic mass is 10.2. The zero-order valence-electron chi connectivity index (χ0n) is 8.83. The Bertz CT molecular complexity index is 334. The third-order valence-corrected chi connectivity index (χ3v) is 2.10. The summed E-state index contributed by atoms with van der Waals surface area (Å²) in [5.74, 6) is -1.40. The van der Waals surface area contributed by atoms with Crippen molar-refractivity contribution in [1.82, 2.24) is 0 Å². The van der Waals surface area contributed by atoms with Gasteiger partial charge in [0.2, 0.25) is 0 Å². The van der Waals surface area contributed by atoms with Crippen LogP contribution < -0.4 is 10.5 Å². The average molecular weight is 231 g/mol. The summed E-state index contributed by atoms with van der Waals surface area (Å²) in [6, 6.07) is 3.10. The molecule has 16 heavy (non-hydrogen) atoms. The van der Waals surface area contributed by atoms with Gasteiger partial charge in [0.05, 0.1) is 12.7 Å². The summed E-state index contributed by atoms with van der Waals surface area (Å²) < 4.78 is 30.7. The van der Waals surface area contributed by atoms with Crippen LogP contribution in [0.1, 0.15) is 12.8 Å². The minimum absolute atomic E-state index is 0.0126. The number of rotatable bonds is 6. The molecular formula is C11H15F2NO2. The summed E-state index contributed by atoms with van der Waals surface area (Å²) >= 11 is 0. The first-order chi connectivity index (χ1) is 7.63. The number of ether oxygens (including phenoxy) is 1. The Labute approximate surface area is 92.8 Å². The molecule has 0 bridgehead atoms. The van der Waals surface area contributed by atoms with Crippen molar-refractivity contribution in [3.8, 4) is 5.75 Å². The van der Waals surface area contributed by atoms with Crippen LogP contribution in [0.25, 0.3) is 0 Å². The number of aliphatic hydroxyl groups is 1. The molecule has 0 fully saturated rings. The fraction of sp³-hybridized carbons (Fsp3) is 0.455. The van der Waals surface area contributed by atoms with Crippen LogP contribution in [-0.2, 0) is 0 Å². The predicted molar refractivity (Wildman–Crippen MR) is 56.1 cm³/mol. The van der Waals surface area contributed by atoms with E-state index in [4.69, 9.17) is 10.5 Å². The maximum atomic E-state index is 13.1. The average Bonchev–Trinajstić information content (AvgIpc) is 2.22. The summed E-state index contributed by atoms with van der Waals surface area (Å²) in [7, 11) is 0. The van der Waals surface area contributed by atoms with Gasteiger partial charge in [-0.1, -0.05) is 0 Å². The summed E-state index contributed by atoms with van der Waals surface area (Å²) in [6.07, 6.45) is 0.303. The van der Waals surface area contributed by atoms with E-state index in [1.165, 1.54) is 6.07 Å². The lowest BCUT2D eigenvalue weighted by Crippen LogP contribution is -2.16. The fourth-order valence-electron chi connectivity index (χ4n) is 1.23. The van der Waals surface area contributed by atoms with Crippen LogP contribution in [0.15, 0.2) is 18.2 Å². The van der Waals surface area contributed by atoms with Gasteiger partial charge in [-0.05, 0) is 25.1 Å². The molecule has 3 nitrogen and oxygen atoms in total. The predicted octanol–water partition coefficient (Wildman–Crippen LogP) is 1.44. The zero-order valence-corrected chi connectivity index (χ0v) is 8.83. The van der Waals surface area contributed by atoms with Gasteiger partial charge in [-0.3, -0.25) is 0 Å². The summed E-state index contributed by atoms with van der Waals surface area (Å²) in [5, 5.41) is 9.33. The van der Waals surface area contributed by atoms with Crippen molar-refractivity contribution in [3.05, 3.63) is 29.8 Å². The molecule has 0 saturated carbocycles. The van der Waals surface area contributed by atoms with E-state index in [2.05, 4.69) is 0 Å². The number of hydrogen-bond acceptors (Lipinski definition) is 3. The molecule has 1 atom stereocenters. The van der Waals surface area contributed by atoms with Crippen molar-refractivity contribution in [3.63, 3.8) is 0 Å². The van der Waals surface area contributed by atoms with Gasteiger partial charge >= 0.3 is 0 Å². The van der Waals surface area contributed by atoms with Gasteiger partial charge in [0, 0.05) is 12.5 Å². The van der Waals surface area contributed by atoms with Gasteiger partial charge in [-0.2, -0.15) is 0 Å². The molecule has 0 saturated heterocycles. The Morgan fingerprint density at radius 1 is 1.31 bits per heavy atom. The number of halogens is 2. The molecule has 5 heteroatoms. The highest BCUT2D eigenvalue weighted by Crippen LogP contribution is 2.17. The maximum absolute atomic E-state index is 13.1. The first-order valence-electron chi connectivity index (χ1n) is 5.09. The summed E-state index contributed by atoms with van der Waals surface area (Å²) in [5.41, 5.74) is 5.25. The molecule has 0 amide bonds. The normalized spacial score (nSPS) is 12.5. The maximum Gasteiger partial charge on any atom is 0.167 e.